The predicted molar refractivity (Wildman–Crippen MR) is 130 cm³/mol. The summed E-state index contributed by atoms with van der Waals surface area (Å²) in [6.45, 7) is 3.99. The lowest BCUT2D eigenvalue weighted by atomic mass is 10.1. The molecule has 8 heteroatoms. The number of carbonyl (C=O) groups excluding carboxylic acids is 1. The Balaban J connectivity index is 1.70. The maximum atomic E-state index is 13.3. The molecule has 0 N–H and O–H groups in total. The van der Waals surface area contributed by atoms with Crippen LogP contribution in [0.2, 0.25) is 5.02 Å². The summed E-state index contributed by atoms with van der Waals surface area (Å²) in [4.78, 5) is 32.4. The van der Waals surface area contributed by atoms with Gasteiger partial charge in [0, 0.05) is 17.8 Å². The first kappa shape index (κ1) is 21.6. The highest BCUT2D eigenvalue weighted by Crippen LogP contribution is 2.26. The fraction of sp³-hybridized carbons (Fsp3) is 0.174. The molecule has 4 aromatic rings. The number of thiophene rings is 1. The predicted octanol–water partition coefficient (Wildman–Crippen LogP) is 5.47. The van der Waals surface area contributed by atoms with Gasteiger partial charge in [0.15, 0.2) is 5.16 Å². The Hall–Kier alpha value is -2.61. The molecule has 0 aliphatic heterocycles. The summed E-state index contributed by atoms with van der Waals surface area (Å²) in [5, 5.41) is 2.92. The molecule has 2 aromatic carbocycles. The van der Waals surface area contributed by atoms with Gasteiger partial charge < -0.3 is 4.90 Å². The topological polar surface area (TPSA) is 55.2 Å². The first-order chi connectivity index (χ1) is 14.8. The lowest BCUT2D eigenvalue weighted by molar-refractivity contribution is -0.115. The number of hydrogen-bond acceptors (Lipinski definition) is 5. The number of carbonyl (C=O) groups is 1. The molecule has 0 fully saturated rings. The van der Waals surface area contributed by atoms with Gasteiger partial charge in [-0.25, -0.2) is 4.98 Å². The Bertz CT molecular complexity index is 1350. The number of nitrogens with zero attached hydrogens (tertiary/aromatic N) is 3. The molecule has 158 valence electrons. The van der Waals surface area contributed by atoms with Gasteiger partial charge in [-0.1, -0.05) is 47.1 Å². The summed E-state index contributed by atoms with van der Waals surface area (Å²) in [7, 11) is 1.71. The van der Waals surface area contributed by atoms with Gasteiger partial charge in [-0.2, -0.15) is 0 Å². The smallest absolute Gasteiger partial charge is 0.276 e. The van der Waals surface area contributed by atoms with Gasteiger partial charge in [0.1, 0.15) is 4.70 Å². The molecule has 0 aliphatic carbocycles. The van der Waals surface area contributed by atoms with Crippen LogP contribution in [0.3, 0.4) is 0 Å². The molecule has 2 aromatic heterocycles. The Morgan fingerprint density at radius 1 is 1.19 bits per heavy atom. The number of anilines is 1. The second-order valence-electron chi connectivity index (χ2n) is 7.18. The maximum Gasteiger partial charge on any atom is 0.276 e. The molecule has 2 heterocycles. The van der Waals surface area contributed by atoms with E-state index in [1.807, 2.05) is 49.6 Å². The van der Waals surface area contributed by atoms with Crippen molar-refractivity contribution in [3.63, 3.8) is 0 Å². The van der Waals surface area contributed by atoms with Crippen LogP contribution < -0.4 is 10.5 Å². The minimum Gasteiger partial charge on any atom is -0.315 e. The van der Waals surface area contributed by atoms with Gasteiger partial charge in [0.05, 0.1) is 17.0 Å². The lowest BCUT2D eigenvalue weighted by Crippen LogP contribution is -2.28. The van der Waals surface area contributed by atoms with Crippen molar-refractivity contribution in [1.82, 2.24) is 9.55 Å². The van der Waals surface area contributed by atoms with Crippen LogP contribution in [0, 0.1) is 13.8 Å². The molecule has 0 spiro atoms. The van der Waals surface area contributed by atoms with E-state index in [4.69, 9.17) is 16.6 Å². The average molecular weight is 470 g/mol. The van der Waals surface area contributed by atoms with E-state index in [9.17, 15) is 9.59 Å². The second kappa shape index (κ2) is 8.86. The zero-order chi connectivity index (χ0) is 22.1. The van der Waals surface area contributed by atoms with Gasteiger partial charge in [0.25, 0.3) is 5.56 Å². The Labute approximate surface area is 193 Å². The van der Waals surface area contributed by atoms with E-state index in [2.05, 4.69) is 0 Å². The van der Waals surface area contributed by atoms with Crippen LogP contribution in [0.15, 0.2) is 63.9 Å². The average Bonchev–Trinajstić information content (AvgIpc) is 3.21. The van der Waals surface area contributed by atoms with Crippen molar-refractivity contribution in [3.8, 4) is 5.69 Å². The summed E-state index contributed by atoms with van der Waals surface area (Å²) < 4.78 is 2.22. The van der Waals surface area contributed by atoms with Gasteiger partial charge in [0.2, 0.25) is 5.91 Å². The minimum absolute atomic E-state index is 0.112. The van der Waals surface area contributed by atoms with Crippen molar-refractivity contribution in [2.75, 3.05) is 17.7 Å². The number of amides is 1. The summed E-state index contributed by atoms with van der Waals surface area (Å²) in [5.41, 5.74) is 4.11. The SMILES string of the molecule is Cc1ccc(-n2c(SCC(=O)N(C)c3cccc(Cl)c3)nc3ccsc3c2=O)c(C)c1. The zero-order valence-electron chi connectivity index (χ0n) is 17.3. The van der Waals surface area contributed by atoms with Gasteiger partial charge in [-0.15, -0.1) is 11.3 Å². The molecule has 0 unspecified atom stereocenters. The number of hydrogen-bond donors (Lipinski definition) is 0. The van der Waals surface area contributed by atoms with E-state index >= 15 is 0 Å². The third kappa shape index (κ3) is 4.39. The van der Waals surface area contributed by atoms with E-state index in [-0.39, 0.29) is 17.2 Å². The highest BCUT2D eigenvalue weighted by molar-refractivity contribution is 7.99. The maximum absolute atomic E-state index is 13.3. The molecule has 0 saturated carbocycles. The fourth-order valence-corrected chi connectivity index (χ4v) is 5.17. The number of fused-ring (bicyclic) bond motifs is 1. The number of halogens is 1. The monoisotopic (exact) mass is 469 g/mol. The van der Waals surface area contributed by atoms with E-state index < -0.39 is 0 Å². The highest BCUT2D eigenvalue weighted by Gasteiger charge is 2.18. The van der Waals surface area contributed by atoms with Crippen molar-refractivity contribution < 1.29 is 4.79 Å². The lowest BCUT2D eigenvalue weighted by Gasteiger charge is -2.18. The molecule has 0 bridgehead atoms. The molecule has 0 atom stereocenters. The zero-order valence-corrected chi connectivity index (χ0v) is 19.6. The summed E-state index contributed by atoms with van der Waals surface area (Å²) in [6.07, 6.45) is 0. The van der Waals surface area contributed by atoms with Crippen LogP contribution in [0.25, 0.3) is 15.9 Å². The van der Waals surface area contributed by atoms with Gasteiger partial charge in [-0.3, -0.25) is 14.2 Å². The van der Waals surface area contributed by atoms with E-state index in [0.29, 0.717) is 26.1 Å². The van der Waals surface area contributed by atoms with Crippen LogP contribution in [0.5, 0.6) is 0 Å². The first-order valence-electron chi connectivity index (χ1n) is 9.58. The molecule has 0 radical (unpaired) electrons. The number of aryl methyl sites for hydroxylation is 2. The fourth-order valence-electron chi connectivity index (χ4n) is 3.31. The second-order valence-corrected chi connectivity index (χ2v) is 9.48. The molecule has 0 aliphatic rings. The summed E-state index contributed by atoms with van der Waals surface area (Å²) in [6, 6.07) is 14.9. The van der Waals surface area contributed by atoms with Gasteiger partial charge in [-0.05, 0) is 55.1 Å². The third-order valence-corrected chi connectivity index (χ3v) is 6.99. The van der Waals surface area contributed by atoms with Crippen molar-refractivity contribution in [2.45, 2.75) is 19.0 Å². The molecule has 31 heavy (non-hydrogen) atoms. The van der Waals surface area contributed by atoms with Crippen LogP contribution in [-0.4, -0.2) is 28.3 Å². The quantitative estimate of drug-likeness (QED) is 0.287. The Morgan fingerprint density at radius 2 is 2.00 bits per heavy atom. The standard InChI is InChI=1S/C23H20ClN3O2S2/c1-14-7-8-19(15(2)11-14)27-22(29)21-18(9-10-30-21)25-23(27)31-13-20(28)26(3)17-6-4-5-16(24)12-17/h4-12H,13H2,1-3H3. The third-order valence-electron chi connectivity index (χ3n) is 4.94. The van der Waals surface area contributed by atoms with Crippen LogP contribution in [0.1, 0.15) is 11.1 Å². The number of aromatic nitrogens is 2. The van der Waals surface area contributed by atoms with Crippen LogP contribution in [0.4, 0.5) is 5.69 Å². The number of thioether (sulfide) groups is 1. The largest absolute Gasteiger partial charge is 0.315 e. The molecular formula is C23H20ClN3O2S2. The molecule has 0 saturated heterocycles. The highest BCUT2D eigenvalue weighted by atomic mass is 35.5. The van der Waals surface area contributed by atoms with Crippen LogP contribution in [-0.2, 0) is 4.79 Å². The van der Waals surface area contributed by atoms with E-state index in [1.165, 1.54) is 23.1 Å². The first-order valence-corrected chi connectivity index (χ1v) is 11.8. The number of rotatable bonds is 5. The van der Waals surface area contributed by atoms with Crippen molar-refractivity contribution in [2.24, 2.45) is 0 Å². The van der Waals surface area contributed by atoms with Crippen molar-refractivity contribution in [1.29, 1.82) is 0 Å². The summed E-state index contributed by atoms with van der Waals surface area (Å²) in [5.74, 6) is 0.0230. The van der Waals surface area contributed by atoms with Crippen molar-refractivity contribution in [3.05, 3.63) is 80.4 Å². The molecular weight excluding hydrogens is 450 g/mol. The van der Waals surface area contributed by atoms with E-state index in [0.717, 1.165) is 16.8 Å². The Morgan fingerprint density at radius 3 is 2.74 bits per heavy atom. The van der Waals surface area contributed by atoms with Crippen molar-refractivity contribution >= 4 is 56.5 Å². The van der Waals surface area contributed by atoms with E-state index in [1.54, 1.807) is 34.7 Å². The normalized spacial score (nSPS) is 11.1. The Kier molecular flexibility index (Phi) is 6.18. The molecule has 5 nitrogen and oxygen atoms in total. The minimum atomic E-state index is -0.120. The molecule has 1 amide bonds. The molecule has 4 rings (SSSR count). The number of benzene rings is 2. The summed E-state index contributed by atoms with van der Waals surface area (Å²) >= 11 is 8.68. The van der Waals surface area contributed by atoms with Gasteiger partial charge >= 0.3 is 0 Å². The van der Waals surface area contributed by atoms with Crippen LogP contribution >= 0.6 is 34.7 Å².